The fraction of sp³-hybridized carbons (Fsp3) is 0.222. The molecule has 0 heterocycles. The summed E-state index contributed by atoms with van der Waals surface area (Å²) in [5, 5.41) is 9.36. The molecule has 0 aliphatic heterocycles. The van der Waals surface area contributed by atoms with Crippen LogP contribution in [0.25, 0.3) is 0 Å². The fourth-order valence-corrected chi connectivity index (χ4v) is 1.91. The van der Waals surface area contributed by atoms with E-state index in [0.29, 0.717) is 5.69 Å². The Kier molecular flexibility index (Phi) is 4.68. The molecule has 0 aliphatic carbocycles. The van der Waals surface area contributed by atoms with Crippen molar-refractivity contribution in [3.05, 3.63) is 59.2 Å². The number of hydrogen-bond donors (Lipinski definition) is 2. The summed E-state index contributed by atoms with van der Waals surface area (Å²) in [5.74, 6) is 6.25. The van der Waals surface area contributed by atoms with Crippen molar-refractivity contribution in [2.75, 3.05) is 5.73 Å². The minimum absolute atomic E-state index is 0.0934. The SMILES string of the molecule is CCCCc1ccc(C#Cc2ccc(O)c(N)c2)cc1. The highest BCUT2D eigenvalue weighted by atomic mass is 16.3. The molecule has 2 heteroatoms. The number of anilines is 1. The van der Waals surface area contributed by atoms with Gasteiger partial charge in [-0.05, 0) is 48.7 Å². The third-order valence-corrected chi connectivity index (χ3v) is 3.15. The second-order valence-corrected chi connectivity index (χ2v) is 4.82. The lowest BCUT2D eigenvalue weighted by Gasteiger charge is -1.99. The number of rotatable bonds is 3. The van der Waals surface area contributed by atoms with E-state index >= 15 is 0 Å². The highest BCUT2D eigenvalue weighted by molar-refractivity contribution is 5.57. The fourth-order valence-electron chi connectivity index (χ4n) is 1.91. The van der Waals surface area contributed by atoms with Gasteiger partial charge in [-0.3, -0.25) is 0 Å². The molecule has 0 atom stereocenters. The highest BCUT2D eigenvalue weighted by Crippen LogP contribution is 2.19. The molecule has 2 rings (SSSR count). The zero-order valence-corrected chi connectivity index (χ0v) is 11.7. The highest BCUT2D eigenvalue weighted by Gasteiger charge is 1.96. The molecule has 0 unspecified atom stereocenters. The molecular weight excluding hydrogens is 246 g/mol. The summed E-state index contributed by atoms with van der Waals surface area (Å²) in [6, 6.07) is 13.3. The van der Waals surface area contributed by atoms with Gasteiger partial charge >= 0.3 is 0 Å². The number of phenolic OH excluding ortho intramolecular Hbond substituents is 1. The van der Waals surface area contributed by atoms with Crippen molar-refractivity contribution >= 4 is 5.69 Å². The number of aryl methyl sites for hydroxylation is 1. The van der Waals surface area contributed by atoms with Gasteiger partial charge in [0.2, 0.25) is 0 Å². The Bertz CT molecular complexity index is 633. The quantitative estimate of drug-likeness (QED) is 0.505. The monoisotopic (exact) mass is 265 g/mol. The molecular formula is C18H19NO. The molecule has 102 valence electrons. The van der Waals surface area contributed by atoms with Crippen molar-refractivity contribution in [1.29, 1.82) is 0 Å². The Morgan fingerprint density at radius 3 is 2.30 bits per heavy atom. The molecule has 0 aromatic heterocycles. The van der Waals surface area contributed by atoms with Crippen molar-refractivity contribution in [2.24, 2.45) is 0 Å². The Labute approximate surface area is 120 Å². The number of aromatic hydroxyl groups is 1. The van der Waals surface area contributed by atoms with Crippen LogP contribution in [0.3, 0.4) is 0 Å². The van der Waals surface area contributed by atoms with Gasteiger partial charge in [-0.15, -0.1) is 0 Å². The molecule has 0 radical (unpaired) electrons. The maximum atomic E-state index is 9.36. The van der Waals surface area contributed by atoms with Crippen LogP contribution in [0.2, 0.25) is 0 Å². The topological polar surface area (TPSA) is 46.2 Å². The maximum absolute atomic E-state index is 9.36. The van der Waals surface area contributed by atoms with Gasteiger partial charge in [0.05, 0.1) is 5.69 Å². The first kappa shape index (κ1) is 14.0. The largest absolute Gasteiger partial charge is 0.506 e. The summed E-state index contributed by atoms with van der Waals surface area (Å²) in [7, 11) is 0. The molecule has 0 bridgehead atoms. The predicted molar refractivity (Wildman–Crippen MR) is 83.6 cm³/mol. The van der Waals surface area contributed by atoms with Gasteiger partial charge in [0.1, 0.15) is 5.75 Å². The summed E-state index contributed by atoms with van der Waals surface area (Å²) < 4.78 is 0. The van der Waals surface area contributed by atoms with Crippen LogP contribution in [0.5, 0.6) is 5.75 Å². The van der Waals surface area contributed by atoms with Crippen LogP contribution in [0.1, 0.15) is 36.5 Å². The second-order valence-electron chi connectivity index (χ2n) is 4.82. The smallest absolute Gasteiger partial charge is 0.138 e. The molecule has 0 saturated carbocycles. The number of benzene rings is 2. The first-order valence-corrected chi connectivity index (χ1v) is 6.88. The van der Waals surface area contributed by atoms with E-state index in [1.165, 1.54) is 18.4 Å². The normalized spacial score (nSPS) is 9.85. The third-order valence-electron chi connectivity index (χ3n) is 3.15. The van der Waals surface area contributed by atoms with Crippen molar-refractivity contribution in [2.45, 2.75) is 26.2 Å². The lowest BCUT2D eigenvalue weighted by molar-refractivity contribution is 0.478. The molecule has 0 aliphatic rings. The zero-order chi connectivity index (χ0) is 14.4. The molecule has 0 amide bonds. The third kappa shape index (κ3) is 3.80. The van der Waals surface area contributed by atoms with Gasteiger partial charge in [0.25, 0.3) is 0 Å². The van der Waals surface area contributed by atoms with E-state index in [2.05, 4.69) is 30.9 Å². The lowest BCUT2D eigenvalue weighted by atomic mass is 10.1. The summed E-state index contributed by atoms with van der Waals surface area (Å²) >= 11 is 0. The van der Waals surface area contributed by atoms with E-state index in [9.17, 15) is 5.11 Å². The van der Waals surface area contributed by atoms with Gasteiger partial charge in [-0.1, -0.05) is 37.3 Å². The van der Waals surface area contributed by atoms with Crippen molar-refractivity contribution in [1.82, 2.24) is 0 Å². The first-order valence-electron chi connectivity index (χ1n) is 6.88. The van der Waals surface area contributed by atoms with E-state index in [-0.39, 0.29) is 5.75 Å². The van der Waals surface area contributed by atoms with E-state index in [0.717, 1.165) is 17.5 Å². The minimum atomic E-state index is 0.0934. The van der Waals surface area contributed by atoms with Gasteiger partial charge in [0.15, 0.2) is 0 Å². The minimum Gasteiger partial charge on any atom is -0.506 e. The number of hydrogen-bond acceptors (Lipinski definition) is 2. The molecule has 0 saturated heterocycles. The Morgan fingerprint density at radius 2 is 1.65 bits per heavy atom. The Hall–Kier alpha value is -2.40. The van der Waals surface area contributed by atoms with Gasteiger partial charge in [-0.2, -0.15) is 0 Å². The molecule has 0 spiro atoms. The molecule has 2 aromatic rings. The molecule has 20 heavy (non-hydrogen) atoms. The lowest BCUT2D eigenvalue weighted by Crippen LogP contribution is -1.87. The maximum Gasteiger partial charge on any atom is 0.138 e. The van der Waals surface area contributed by atoms with Crippen molar-refractivity contribution < 1.29 is 5.11 Å². The molecule has 3 N–H and O–H groups in total. The van der Waals surface area contributed by atoms with Crippen LogP contribution >= 0.6 is 0 Å². The average Bonchev–Trinajstić information content (AvgIpc) is 2.47. The van der Waals surface area contributed by atoms with Crippen molar-refractivity contribution in [3.8, 4) is 17.6 Å². The van der Waals surface area contributed by atoms with Crippen LogP contribution in [-0.4, -0.2) is 5.11 Å². The van der Waals surface area contributed by atoms with Gasteiger partial charge < -0.3 is 10.8 Å². The molecule has 2 aromatic carbocycles. The van der Waals surface area contributed by atoms with Crippen LogP contribution in [-0.2, 0) is 6.42 Å². The number of phenols is 1. The van der Waals surface area contributed by atoms with Crippen LogP contribution < -0.4 is 5.73 Å². The summed E-state index contributed by atoms with van der Waals surface area (Å²) in [6.07, 6.45) is 3.56. The van der Waals surface area contributed by atoms with E-state index < -0.39 is 0 Å². The number of nitrogen functional groups attached to an aromatic ring is 1. The average molecular weight is 265 g/mol. The predicted octanol–water partition coefficient (Wildman–Crippen LogP) is 3.72. The molecule has 2 nitrogen and oxygen atoms in total. The van der Waals surface area contributed by atoms with E-state index in [1.54, 1.807) is 18.2 Å². The van der Waals surface area contributed by atoms with Gasteiger partial charge in [-0.25, -0.2) is 0 Å². The summed E-state index contributed by atoms with van der Waals surface area (Å²) in [6.45, 7) is 2.20. The van der Waals surface area contributed by atoms with E-state index in [1.807, 2.05) is 12.1 Å². The first-order chi connectivity index (χ1) is 9.69. The van der Waals surface area contributed by atoms with Crippen LogP contribution in [0.4, 0.5) is 5.69 Å². The zero-order valence-electron chi connectivity index (χ0n) is 11.7. The van der Waals surface area contributed by atoms with Crippen LogP contribution in [0, 0.1) is 11.8 Å². The molecule has 0 fully saturated rings. The Morgan fingerprint density at radius 1 is 1.00 bits per heavy atom. The van der Waals surface area contributed by atoms with Crippen LogP contribution in [0.15, 0.2) is 42.5 Å². The summed E-state index contributed by atoms with van der Waals surface area (Å²) in [5.41, 5.74) is 9.13. The Balaban J connectivity index is 2.10. The number of unbranched alkanes of at least 4 members (excludes halogenated alkanes) is 1. The summed E-state index contributed by atoms with van der Waals surface area (Å²) in [4.78, 5) is 0. The van der Waals surface area contributed by atoms with E-state index in [4.69, 9.17) is 5.73 Å². The van der Waals surface area contributed by atoms with Gasteiger partial charge in [0, 0.05) is 11.1 Å². The van der Waals surface area contributed by atoms with Crippen molar-refractivity contribution in [3.63, 3.8) is 0 Å². The number of nitrogens with two attached hydrogens (primary N) is 1. The second kappa shape index (κ2) is 6.68. The standard InChI is InChI=1S/C18H19NO/c1-2-3-4-14-5-7-15(8-6-14)9-10-16-11-12-18(20)17(19)13-16/h5-8,11-13,20H,2-4,19H2,1H3.